The third-order valence-electron chi connectivity index (χ3n) is 2.74. The standard InChI is InChI=1S/C16H11N3O2S/c17-11-14(12-18)9-13-5-4-6-15(10-13)19-22(20,21)16-7-2-1-3-8-16/h1-10,19H. The molecule has 2 aromatic rings. The molecule has 0 saturated heterocycles. The lowest BCUT2D eigenvalue weighted by Crippen LogP contribution is -2.12. The number of rotatable bonds is 4. The van der Waals surface area contributed by atoms with E-state index in [9.17, 15) is 8.42 Å². The van der Waals surface area contributed by atoms with Crippen LogP contribution in [0.25, 0.3) is 6.08 Å². The van der Waals surface area contributed by atoms with E-state index < -0.39 is 10.0 Å². The van der Waals surface area contributed by atoms with Crippen LogP contribution in [-0.2, 0) is 10.0 Å². The molecule has 2 aromatic carbocycles. The molecule has 0 atom stereocenters. The smallest absolute Gasteiger partial charge is 0.261 e. The van der Waals surface area contributed by atoms with Crippen LogP contribution in [-0.4, -0.2) is 8.42 Å². The van der Waals surface area contributed by atoms with Crippen LogP contribution in [0.3, 0.4) is 0 Å². The Morgan fingerprint density at radius 1 is 1.00 bits per heavy atom. The number of anilines is 1. The Morgan fingerprint density at radius 2 is 1.68 bits per heavy atom. The summed E-state index contributed by atoms with van der Waals surface area (Å²) in [6, 6.07) is 18.0. The van der Waals surface area contributed by atoms with E-state index in [1.165, 1.54) is 18.2 Å². The molecule has 0 spiro atoms. The lowest BCUT2D eigenvalue weighted by molar-refractivity contribution is 0.601. The van der Waals surface area contributed by atoms with Crippen LogP contribution in [0.2, 0.25) is 0 Å². The quantitative estimate of drug-likeness (QED) is 0.879. The fraction of sp³-hybridized carbons (Fsp3) is 0. The van der Waals surface area contributed by atoms with Crippen LogP contribution in [0.1, 0.15) is 5.56 Å². The largest absolute Gasteiger partial charge is 0.280 e. The zero-order valence-corrected chi connectivity index (χ0v) is 12.2. The highest BCUT2D eigenvalue weighted by Crippen LogP contribution is 2.18. The summed E-state index contributed by atoms with van der Waals surface area (Å²) in [4.78, 5) is 0.158. The molecule has 0 aliphatic rings. The minimum absolute atomic E-state index is 0.0527. The zero-order valence-electron chi connectivity index (χ0n) is 11.4. The number of allylic oxidation sites excluding steroid dienone is 1. The van der Waals surface area contributed by atoms with Gasteiger partial charge in [0.25, 0.3) is 10.0 Å². The molecule has 0 bridgehead atoms. The van der Waals surface area contributed by atoms with E-state index in [2.05, 4.69) is 4.72 Å². The summed E-state index contributed by atoms with van der Waals surface area (Å²) in [5, 5.41) is 17.5. The molecule has 0 fully saturated rings. The van der Waals surface area contributed by atoms with Crippen molar-refractivity contribution >= 4 is 21.8 Å². The van der Waals surface area contributed by atoms with Gasteiger partial charge in [0.1, 0.15) is 17.7 Å². The highest BCUT2D eigenvalue weighted by atomic mass is 32.2. The highest BCUT2D eigenvalue weighted by Gasteiger charge is 2.13. The molecule has 0 aliphatic heterocycles. The van der Waals surface area contributed by atoms with E-state index in [0.717, 1.165) is 0 Å². The molecule has 108 valence electrons. The van der Waals surface area contributed by atoms with Gasteiger partial charge < -0.3 is 0 Å². The summed E-state index contributed by atoms with van der Waals surface area (Å²) in [5.74, 6) is 0. The van der Waals surface area contributed by atoms with Crippen molar-refractivity contribution in [2.24, 2.45) is 0 Å². The van der Waals surface area contributed by atoms with Gasteiger partial charge in [-0.25, -0.2) is 8.42 Å². The Labute approximate surface area is 128 Å². The molecule has 0 aromatic heterocycles. The van der Waals surface area contributed by atoms with Crippen LogP contribution < -0.4 is 4.72 Å². The molecule has 0 aliphatic carbocycles. The van der Waals surface area contributed by atoms with Crippen molar-refractivity contribution in [3.05, 3.63) is 65.7 Å². The van der Waals surface area contributed by atoms with E-state index in [1.54, 1.807) is 54.6 Å². The predicted molar refractivity (Wildman–Crippen MR) is 82.9 cm³/mol. The summed E-state index contributed by atoms with van der Waals surface area (Å²) >= 11 is 0. The molecule has 1 N–H and O–H groups in total. The maximum atomic E-state index is 12.2. The van der Waals surface area contributed by atoms with Crippen LogP contribution >= 0.6 is 0 Å². The summed E-state index contributed by atoms with van der Waals surface area (Å²) in [5.41, 5.74) is 0.863. The second-order valence-electron chi connectivity index (χ2n) is 4.33. The third kappa shape index (κ3) is 3.72. The Bertz CT molecular complexity index is 873. The van der Waals surface area contributed by atoms with E-state index in [4.69, 9.17) is 10.5 Å². The Balaban J connectivity index is 2.31. The normalized spacial score (nSPS) is 10.1. The molecule has 0 unspecified atom stereocenters. The van der Waals surface area contributed by atoms with Gasteiger partial charge in [-0.05, 0) is 35.9 Å². The second kappa shape index (κ2) is 6.57. The molecule has 2 rings (SSSR count). The average Bonchev–Trinajstić information content (AvgIpc) is 2.53. The Morgan fingerprint density at radius 3 is 2.32 bits per heavy atom. The summed E-state index contributed by atoms with van der Waals surface area (Å²) in [7, 11) is -3.67. The lowest BCUT2D eigenvalue weighted by Gasteiger charge is -2.08. The predicted octanol–water partition coefficient (Wildman–Crippen LogP) is 2.92. The molecule has 0 heterocycles. The maximum absolute atomic E-state index is 12.2. The first-order chi connectivity index (χ1) is 10.5. The van der Waals surface area contributed by atoms with Gasteiger partial charge in [0.15, 0.2) is 0 Å². The number of benzene rings is 2. The van der Waals surface area contributed by atoms with Crippen LogP contribution in [0, 0.1) is 22.7 Å². The number of nitrogens with one attached hydrogen (secondary N) is 1. The molecule has 0 amide bonds. The van der Waals surface area contributed by atoms with Crippen molar-refractivity contribution < 1.29 is 8.42 Å². The van der Waals surface area contributed by atoms with Crippen LogP contribution in [0.4, 0.5) is 5.69 Å². The van der Waals surface area contributed by atoms with Crippen molar-refractivity contribution in [2.45, 2.75) is 4.90 Å². The van der Waals surface area contributed by atoms with Crippen molar-refractivity contribution in [1.29, 1.82) is 10.5 Å². The fourth-order valence-corrected chi connectivity index (χ4v) is 2.83. The third-order valence-corrected chi connectivity index (χ3v) is 4.14. The van der Waals surface area contributed by atoms with Gasteiger partial charge in [-0.3, -0.25) is 4.72 Å². The van der Waals surface area contributed by atoms with E-state index in [-0.39, 0.29) is 10.5 Å². The number of hydrogen-bond acceptors (Lipinski definition) is 4. The van der Waals surface area contributed by atoms with Crippen molar-refractivity contribution in [3.63, 3.8) is 0 Å². The fourth-order valence-electron chi connectivity index (χ4n) is 1.76. The monoisotopic (exact) mass is 309 g/mol. The highest BCUT2D eigenvalue weighted by molar-refractivity contribution is 7.92. The van der Waals surface area contributed by atoms with Gasteiger partial charge >= 0.3 is 0 Å². The van der Waals surface area contributed by atoms with Gasteiger partial charge in [0.05, 0.1) is 4.90 Å². The van der Waals surface area contributed by atoms with Crippen molar-refractivity contribution in [2.75, 3.05) is 4.72 Å². The van der Waals surface area contributed by atoms with Crippen LogP contribution in [0.5, 0.6) is 0 Å². The zero-order chi connectivity index (χ0) is 16.0. The van der Waals surface area contributed by atoms with Crippen molar-refractivity contribution in [3.8, 4) is 12.1 Å². The summed E-state index contributed by atoms with van der Waals surface area (Å²) in [6.07, 6.45) is 1.39. The van der Waals surface area contributed by atoms with Gasteiger partial charge in [0, 0.05) is 5.69 Å². The average molecular weight is 309 g/mol. The molecule has 6 heteroatoms. The van der Waals surface area contributed by atoms with Gasteiger partial charge in [-0.1, -0.05) is 30.3 Å². The lowest BCUT2D eigenvalue weighted by atomic mass is 10.1. The minimum Gasteiger partial charge on any atom is -0.280 e. The van der Waals surface area contributed by atoms with Gasteiger partial charge in [-0.2, -0.15) is 10.5 Å². The molecular weight excluding hydrogens is 298 g/mol. The summed E-state index contributed by atoms with van der Waals surface area (Å²) < 4.78 is 26.9. The maximum Gasteiger partial charge on any atom is 0.261 e. The van der Waals surface area contributed by atoms with E-state index in [1.807, 2.05) is 0 Å². The van der Waals surface area contributed by atoms with Crippen molar-refractivity contribution in [1.82, 2.24) is 0 Å². The molecule has 0 saturated carbocycles. The Hall–Kier alpha value is -3.09. The molecule has 0 radical (unpaired) electrons. The van der Waals surface area contributed by atoms with E-state index in [0.29, 0.717) is 11.3 Å². The summed E-state index contributed by atoms with van der Waals surface area (Å²) in [6.45, 7) is 0. The molecule has 22 heavy (non-hydrogen) atoms. The topological polar surface area (TPSA) is 93.8 Å². The second-order valence-corrected chi connectivity index (χ2v) is 6.01. The number of sulfonamides is 1. The van der Waals surface area contributed by atoms with Gasteiger partial charge in [-0.15, -0.1) is 0 Å². The molecule has 5 nitrogen and oxygen atoms in total. The first-order valence-corrected chi connectivity index (χ1v) is 7.73. The first-order valence-electron chi connectivity index (χ1n) is 6.25. The number of nitriles is 2. The number of nitrogens with zero attached hydrogens (tertiary/aromatic N) is 2. The molecular formula is C16H11N3O2S. The number of hydrogen-bond donors (Lipinski definition) is 1. The van der Waals surface area contributed by atoms with Gasteiger partial charge in [0.2, 0.25) is 0 Å². The first kappa shape index (κ1) is 15.3. The van der Waals surface area contributed by atoms with E-state index >= 15 is 0 Å². The Kier molecular flexibility index (Phi) is 4.57. The minimum atomic E-state index is -3.67. The SMILES string of the molecule is N#CC(C#N)=Cc1cccc(NS(=O)(=O)c2ccccc2)c1. The van der Waals surface area contributed by atoms with Crippen LogP contribution in [0.15, 0.2) is 65.1 Å².